The summed E-state index contributed by atoms with van der Waals surface area (Å²) in [6.45, 7) is 1.60. The molecule has 174 valence electrons. The van der Waals surface area contributed by atoms with Crippen LogP contribution in [0.4, 0.5) is 10.5 Å². The second-order valence-corrected chi connectivity index (χ2v) is 7.34. The van der Waals surface area contributed by atoms with Crippen molar-refractivity contribution in [2.45, 2.75) is 6.92 Å². The molecule has 3 aromatic rings. The first-order valence-corrected chi connectivity index (χ1v) is 11.1. The van der Waals surface area contributed by atoms with Gasteiger partial charge in [-0.05, 0) is 48.7 Å². The first-order valence-electron chi connectivity index (χ1n) is 9.87. The van der Waals surface area contributed by atoms with Gasteiger partial charge >= 0.3 is 6.09 Å². The lowest BCUT2D eigenvalue weighted by molar-refractivity contribution is 0.183. The summed E-state index contributed by atoms with van der Waals surface area (Å²) < 4.78 is 20.5. The minimum absolute atomic E-state index is 0.122. The topological polar surface area (TPSA) is 132 Å². The summed E-state index contributed by atoms with van der Waals surface area (Å²) in [6.07, 6.45) is 1.03. The Balaban J connectivity index is 2.07. The number of carbonyl (C=O) groups excluding carboxylic acids is 1. The molecule has 10 nitrogen and oxygen atoms in total. The first kappa shape index (κ1) is 24.5. The molecule has 1 heterocycles. The van der Waals surface area contributed by atoms with Crippen molar-refractivity contribution in [3.63, 3.8) is 0 Å². The Morgan fingerprint density at radius 2 is 1.94 bits per heavy atom. The predicted molar refractivity (Wildman–Crippen MR) is 128 cm³/mol. The number of aromatic nitrogens is 2. The summed E-state index contributed by atoms with van der Waals surface area (Å²) in [6, 6.07) is 14.2. The van der Waals surface area contributed by atoms with E-state index in [0.717, 1.165) is 5.56 Å². The molecule has 0 atom stereocenters. The standard InChI is InChI=1S/C23H21N5O5S/c1-14-25-21(28-33-14)15-5-8-17(9-6-15)26-20(22(34-4)27-23(29)31-3)16-7-10-18(32-12-11-24)19(13-16)30-2/h5-10,13H,12H2,1-4H3. The number of aliphatic imine (C=N–C) groups is 2. The average molecular weight is 480 g/mol. The van der Waals surface area contributed by atoms with Gasteiger partial charge in [0.2, 0.25) is 11.7 Å². The Bertz CT molecular complexity index is 1260. The van der Waals surface area contributed by atoms with Gasteiger partial charge in [-0.3, -0.25) is 0 Å². The molecule has 0 saturated heterocycles. The molecule has 0 saturated carbocycles. The summed E-state index contributed by atoms with van der Waals surface area (Å²) in [5, 5.41) is 13.1. The van der Waals surface area contributed by atoms with Crippen LogP contribution in [-0.4, -0.2) is 54.1 Å². The zero-order valence-corrected chi connectivity index (χ0v) is 19.8. The van der Waals surface area contributed by atoms with Crippen LogP contribution in [0.3, 0.4) is 0 Å². The monoisotopic (exact) mass is 479 g/mol. The highest BCUT2D eigenvalue weighted by molar-refractivity contribution is 8.15. The molecule has 1 aromatic heterocycles. The molecule has 3 rings (SSSR count). The third kappa shape index (κ3) is 5.99. The SMILES string of the molecule is COC(=O)N=C(SC)C(=Nc1ccc(-c2noc(C)n2)cc1)c1ccc(OCC#N)c(OC)c1. The van der Waals surface area contributed by atoms with Gasteiger partial charge in [-0.25, -0.2) is 9.79 Å². The van der Waals surface area contributed by atoms with E-state index < -0.39 is 6.09 Å². The number of amides is 1. The highest BCUT2D eigenvalue weighted by atomic mass is 32.2. The van der Waals surface area contributed by atoms with Gasteiger partial charge in [-0.15, -0.1) is 11.8 Å². The number of hydrogen-bond donors (Lipinski definition) is 0. The minimum atomic E-state index is -0.749. The zero-order valence-electron chi connectivity index (χ0n) is 18.9. The molecule has 0 unspecified atom stereocenters. The maximum absolute atomic E-state index is 11.9. The van der Waals surface area contributed by atoms with Crippen molar-refractivity contribution in [1.29, 1.82) is 5.26 Å². The van der Waals surface area contributed by atoms with Crippen molar-refractivity contribution in [1.82, 2.24) is 10.1 Å². The van der Waals surface area contributed by atoms with Crippen molar-refractivity contribution < 1.29 is 23.5 Å². The smallest absolute Gasteiger partial charge is 0.434 e. The largest absolute Gasteiger partial charge is 0.493 e. The van der Waals surface area contributed by atoms with Crippen LogP contribution in [0, 0.1) is 18.3 Å². The zero-order chi connectivity index (χ0) is 24.5. The van der Waals surface area contributed by atoms with Gasteiger partial charge in [0.05, 0.1) is 19.9 Å². The molecule has 0 bridgehead atoms. The van der Waals surface area contributed by atoms with E-state index in [-0.39, 0.29) is 6.61 Å². The number of rotatable bonds is 7. The third-order valence-electron chi connectivity index (χ3n) is 4.39. The molecule has 1 amide bonds. The third-order valence-corrected chi connectivity index (χ3v) is 5.06. The van der Waals surface area contributed by atoms with Crippen LogP contribution < -0.4 is 9.47 Å². The second kappa shape index (κ2) is 11.6. The number of hydrogen-bond acceptors (Lipinski definition) is 10. The molecule has 0 fully saturated rings. The number of nitriles is 1. The number of aryl methyl sites for hydroxylation is 1. The van der Waals surface area contributed by atoms with E-state index in [0.29, 0.717) is 45.2 Å². The number of ether oxygens (including phenoxy) is 3. The normalized spacial score (nSPS) is 11.6. The van der Waals surface area contributed by atoms with E-state index in [4.69, 9.17) is 29.0 Å². The van der Waals surface area contributed by atoms with E-state index in [1.54, 1.807) is 43.5 Å². The van der Waals surface area contributed by atoms with Crippen LogP contribution in [-0.2, 0) is 4.74 Å². The summed E-state index contributed by atoms with van der Waals surface area (Å²) >= 11 is 1.24. The summed E-state index contributed by atoms with van der Waals surface area (Å²) in [7, 11) is 2.74. The molecule has 0 aliphatic rings. The Morgan fingerprint density at radius 3 is 2.53 bits per heavy atom. The lowest BCUT2D eigenvalue weighted by atomic mass is 10.1. The highest BCUT2D eigenvalue weighted by Crippen LogP contribution is 2.30. The Hall–Kier alpha value is -4.17. The van der Waals surface area contributed by atoms with E-state index >= 15 is 0 Å². The van der Waals surface area contributed by atoms with Crippen LogP contribution in [0.1, 0.15) is 11.5 Å². The van der Waals surface area contributed by atoms with Crippen molar-refractivity contribution in [3.05, 3.63) is 53.9 Å². The quantitative estimate of drug-likeness (QED) is 0.352. The van der Waals surface area contributed by atoms with Gasteiger partial charge in [-0.1, -0.05) is 5.16 Å². The van der Waals surface area contributed by atoms with E-state index in [1.807, 2.05) is 18.2 Å². The molecule has 11 heteroatoms. The Morgan fingerprint density at radius 1 is 1.18 bits per heavy atom. The average Bonchev–Trinajstić information content (AvgIpc) is 3.31. The van der Waals surface area contributed by atoms with Crippen LogP contribution >= 0.6 is 11.8 Å². The molecule has 0 radical (unpaired) electrons. The summed E-state index contributed by atoms with van der Waals surface area (Å²) in [5.41, 5.74) is 2.42. The van der Waals surface area contributed by atoms with E-state index in [1.165, 1.54) is 26.0 Å². The highest BCUT2D eigenvalue weighted by Gasteiger charge is 2.17. The van der Waals surface area contributed by atoms with Crippen molar-refractivity contribution in [3.8, 4) is 29.0 Å². The van der Waals surface area contributed by atoms with Crippen molar-refractivity contribution in [2.24, 2.45) is 9.98 Å². The van der Waals surface area contributed by atoms with Gasteiger partial charge < -0.3 is 18.7 Å². The lowest BCUT2D eigenvalue weighted by Gasteiger charge is -2.13. The maximum Gasteiger partial charge on any atom is 0.434 e. The molecule has 0 aliphatic heterocycles. The van der Waals surface area contributed by atoms with Crippen LogP contribution in [0.25, 0.3) is 11.4 Å². The fourth-order valence-electron chi connectivity index (χ4n) is 2.83. The molecular formula is C23H21N5O5S. The molecule has 0 aliphatic carbocycles. The van der Waals surface area contributed by atoms with Gasteiger partial charge in [0, 0.05) is 18.1 Å². The fourth-order valence-corrected chi connectivity index (χ4v) is 3.36. The summed E-state index contributed by atoms with van der Waals surface area (Å²) in [4.78, 5) is 24.9. The molecular weight excluding hydrogens is 458 g/mol. The number of nitrogens with zero attached hydrogens (tertiary/aromatic N) is 5. The predicted octanol–water partition coefficient (Wildman–Crippen LogP) is 4.60. The van der Waals surface area contributed by atoms with Crippen LogP contribution in [0.15, 0.2) is 57.0 Å². The minimum Gasteiger partial charge on any atom is -0.493 e. The lowest BCUT2D eigenvalue weighted by Crippen LogP contribution is -2.15. The molecule has 2 aromatic carbocycles. The molecule has 0 N–H and O–H groups in total. The van der Waals surface area contributed by atoms with Crippen LogP contribution in [0.5, 0.6) is 11.5 Å². The van der Waals surface area contributed by atoms with Gasteiger partial charge in [0.1, 0.15) is 16.8 Å². The number of benzene rings is 2. The molecule has 34 heavy (non-hydrogen) atoms. The Kier molecular flexibility index (Phi) is 8.37. The van der Waals surface area contributed by atoms with Crippen molar-refractivity contribution in [2.75, 3.05) is 27.1 Å². The van der Waals surface area contributed by atoms with Gasteiger partial charge in [0.15, 0.2) is 18.1 Å². The van der Waals surface area contributed by atoms with Crippen LogP contribution in [0.2, 0.25) is 0 Å². The fraction of sp³-hybridized carbons (Fsp3) is 0.217. The summed E-state index contributed by atoms with van der Waals surface area (Å²) in [5.74, 6) is 1.76. The number of carbonyl (C=O) groups is 1. The van der Waals surface area contributed by atoms with E-state index in [2.05, 4.69) is 15.1 Å². The number of thioether (sulfide) groups is 1. The van der Waals surface area contributed by atoms with E-state index in [9.17, 15) is 4.79 Å². The maximum atomic E-state index is 11.9. The first-order chi connectivity index (χ1) is 16.5. The Labute approximate surface area is 200 Å². The number of methoxy groups -OCH3 is 2. The molecule has 0 spiro atoms. The van der Waals surface area contributed by atoms with Crippen molar-refractivity contribution >= 4 is 34.3 Å². The van der Waals surface area contributed by atoms with Gasteiger partial charge in [0.25, 0.3) is 0 Å². The van der Waals surface area contributed by atoms with Gasteiger partial charge in [-0.2, -0.15) is 15.2 Å². The second-order valence-electron chi connectivity index (χ2n) is 6.55.